The zero-order valence-corrected chi connectivity index (χ0v) is 15.6. The molecule has 138 valence electrons. The summed E-state index contributed by atoms with van der Waals surface area (Å²) in [5.41, 5.74) is 1.19. The Morgan fingerprint density at radius 1 is 0.708 bits per heavy atom. The average molecular weight is 335 g/mol. The molecule has 0 aliphatic carbocycles. The average Bonchev–Trinajstić information content (AvgIpc) is 2.59. The molecule has 1 aromatic carbocycles. The Balaban J connectivity index is 2.01. The minimum absolute atomic E-state index is 0.0361. The van der Waals surface area contributed by atoms with Gasteiger partial charge in [0.25, 0.3) is 0 Å². The molecular weight excluding hydrogens is 296 g/mol. The third-order valence-corrected chi connectivity index (χ3v) is 4.94. The lowest BCUT2D eigenvalue weighted by Crippen LogP contribution is -2.22. The van der Waals surface area contributed by atoms with Crippen LogP contribution in [-0.4, -0.2) is 16.5 Å². The van der Waals surface area contributed by atoms with E-state index in [2.05, 4.69) is 19.1 Å². The van der Waals surface area contributed by atoms with E-state index < -0.39 is 6.29 Å². The number of aliphatic hydroxyl groups is 2. The first-order chi connectivity index (χ1) is 11.7. The van der Waals surface area contributed by atoms with Crippen LogP contribution in [0.15, 0.2) is 30.3 Å². The number of hydrogen-bond donors (Lipinski definition) is 2. The van der Waals surface area contributed by atoms with E-state index in [-0.39, 0.29) is 5.92 Å². The van der Waals surface area contributed by atoms with Crippen LogP contribution < -0.4 is 0 Å². The van der Waals surface area contributed by atoms with Gasteiger partial charge in [-0.05, 0) is 18.4 Å². The van der Waals surface area contributed by atoms with Gasteiger partial charge in [-0.15, -0.1) is 0 Å². The van der Waals surface area contributed by atoms with Gasteiger partial charge in [0.1, 0.15) is 0 Å². The van der Waals surface area contributed by atoms with E-state index in [1.807, 2.05) is 18.2 Å². The number of benzene rings is 1. The van der Waals surface area contributed by atoms with Crippen LogP contribution in [0.4, 0.5) is 0 Å². The second-order valence-corrected chi connectivity index (χ2v) is 7.19. The number of hydrogen-bond acceptors (Lipinski definition) is 2. The molecular formula is C22H38O2. The lowest BCUT2D eigenvalue weighted by atomic mass is 9.93. The standard InChI is InChI=1S/C22H38O2/c1-2-3-4-5-6-7-8-9-10-11-15-18-21(22(23)24)19-20-16-13-12-14-17-20/h12-14,16-17,21-24H,2-11,15,18-19H2,1H3. The monoisotopic (exact) mass is 334 g/mol. The molecule has 0 amide bonds. The molecule has 2 nitrogen and oxygen atoms in total. The van der Waals surface area contributed by atoms with E-state index in [1.165, 1.54) is 69.8 Å². The predicted octanol–water partition coefficient (Wildman–Crippen LogP) is 5.86. The fourth-order valence-corrected chi connectivity index (χ4v) is 3.34. The van der Waals surface area contributed by atoms with Gasteiger partial charge < -0.3 is 10.2 Å². The van der Waals surface area contributed by atoms with Gasteiger partial charge in [-0.1, -0.05) is 108 Å². The summed E-state index contributed by atoms with van der Waals surface area (Å²) in [6.07, 6.45) is 15.1. The highest BCUT2D eigenvalue weighted by Crippen LogP contribution is 2.19. The van der Waals surface area contributed by atoms with Crippen LogP contribution in [0.1, 0.15) is 89.5 Å². The molecule has 1 unspecified atom stereocenters. The van der Waals surface area contributed by atoms with Crippen molar-refractivity contribution in [2.24, 2.45) is 5.92 Å². The summed E-state index contributed by atoms with van der Waals surface area (Å²) < 4.78 is 0. The van der Waals surface area contributed by atoms with Crippen LogP contribution in [-0.2, 0) is 6.42 Å². The van der Waals surface area contributed by atoms with Crippen LogP contribution in [0.3, 0.4) is 0 Å². The van der Waals surface area contributed by atoms with Gasteiger partial charge in [0, 0.05) is 5.92 Å². The van der Waals surface area contributed by atoms with Gasteiger partial charge in [-0.25, -0.2) is 0 Å². The van der Waals surface area contributed by atoms with E-state index in [0.717, 1.165) is 19.3 Å². The summed E-state index contributed by atoms with van der Waals surface area (Å²) in [7, 11) is 0. The molecule has 0 radical (unpaired) electrons. The Bertz CT molecular complexity index is 375. The fourth-order valence-electron chi connectivity index (χ4n) is 3.34. The van der Waals surface area contributed by atoms with Gasteiger partial charge in [0.2, 0.25) is 0 Å². The maximum atomic E-state index is 9.59. The maximum absolute atomic E-state index is 9.59. The third kappa shape index (κ3) is 10.8. The number of unbranched alkanes of at least 4 members (excludes halogenated alkanes) is 10. The molecule has 0 saturated heterocycles. The highest BCUT2D eigenvalue weighted by Gasteiger charge is 2.16. The minimum Gasteiger partial charge on any atom is -0.368 e. The summed E-state index contributed by atoms with van der Waals surface area (Å²) in [4.78, 5) is 0. The first-order valence-electron chi connectivity index (χ1n) is 10.1. The van der Waals surface area contributed by atoms with Crippen LogP contribution in [0.2, 0.25) is 0 Å². The molecule has 0 spiro atoms. The topological polar surface area (TPSA) is 40.5 Å². The van der Waals surface area contributed by atoms with Crippen molar-refractivity contribution in [3.05, 3.63) is 35.9 Å². The van der Waals surface area contributed by atoms with Crippen molar-refractivity contribution in [3.8, 4) is 0 Å². The molecule has 1 atom stereocenters. The van der Waals surface area contributed by atoms with Crippen molar-refractivity contribution in [2.45, 2.75) is 96.7 Å². The summed E-state index contributed by atoms with van der Waals surface area (Å²) in [5.74, 6) is -0.0361. The van der Waals surface area contributed by atoms with Gasteiger partial charge in [0.05, 0.1) is 0 Å². The van der Waals surface area contributed by atoms with E-state index in [1.54, 1.807) is 0 Å². The quantitative estimate of drug-likeness (QED) is 0.312. The van der Waals surface area contributed by atoms with Crippen molar-refractivity contribution in [1.82, 2.24) is 0 Å². The van der Waals surface area contributed by atoms with Crippen molar-refractivity contribution >= 4 is 0 Å². The maximum Gasteiger partial charge on any atom is 0.154 e. The Kier molecular flexibility index (Phi) is 12.8. The molecule has 0 fully saturated rings. The molecule has 0 aliphatic heterocycles. The van der Waals surface area contributed by atoms with Crippen molar-refractivity contribution < 1.29 is 10.2 Å². The lowest BCUT2D eigenvalue weighted by Gasteiger charge is -2.19. The van der Waals surface area contributed by atoms with Gasteiger partial charge in [0.15, 0.2) is 6.29 Å². The van der Waals surface area contributed by atoms with Crippen molar-refractivity contribution in [1.29, 1.82) is 0 Å². The highest BCUT2D eigenvalue weighted by atomic mass is 16.5. The molecule has 24 heavy (non-hydrogen) atoms. The van der Waals surface area contributed by atoms with E-state index in [4.69, 9.17) is 0 Å². The molecule has 2 N–H and O–H groups in total. The Morgan fingerprint density at radius 3 is 1.71 bits per heavy atom. The number of rotatable bonds is 15. The fraction of sp³-hybridized carbons (Fsp3) is 0.727. The van der Waals surface area contributed by atoms with Gasteiger partial charge in [-0.3, -0.25) is 0 Å². The Hall–Kier alpha value is -0.860. The zero-order valence-electron chi connectivity index (χ0n) is 15.6. The predicted molar refractivity (Wildman–Crippen MR) is 103 cm³/mol. The normalized spacial score (nSPS) is 12.7. The second kappa shape index (κ2) is 14.5. The lowest BCUT2D eigenvalue weighted by molar-refractivity contribution is -0.0861. The summed E-state index contributed by atoms with van der Waals surface area (Å²) >= 11 is 0. The van der Waals surface area contributed by atoms with Crippen molar-refractivity contribution in [2.75, 3.05) is 0 Å². The third-order valence-electron chi connectivity index (χ3n) is 4.94. The van der Waals surface area contributed by atoms with Crippen LogP contribution >= 0.6 is 0 Å². The van der Waals surface area contributed by atoms with Gasteiger partial charge in [-0.2, -0.15) is 0 Å². The summed E-state index contributed by atoms with van der Waals surface area (Å²) in [6, 6.07) is 10.2. The van der Waals surface area contributed by atoms with Crippen LogP contribution in [0, 0.1) is 5.92 Å². The molecule has 0 saturated carbocycles. The molecule has 0 aromatic heterocycles. The Morgan fingerprint density at radius 2 is 1.21 bits per heavy atom. The molecule has 0 aliphatic rings. The van der Waals surface area contributed by atoms with E-state index in [0.29, 0.717) is 0 Å². The molecule has 0 heterocycles. The minimum atomic E-state index is -1.20. The summed E-state index contributed by atoms with van der Waals surface area (Å²) in [6.45, 7) is 2.26. The first-order valence-corrected chi connectivity index (χ1v) is 10.1. The van der Waals surface area contributed by atoms with Crippen molar-refractivity contribution in [3.63, 3.8) is 0 Å². The van der Waals surface area contributed by atoms with Crippen LogP contribution in [0.5, 0.6) is 0 Å². The second-order valence-electron chi connectivity index (χ2n) is 7.19. The molecule has 1 aromatic rings. The SMILES string of the molecule is CCCCCCCCCCCCCC(Cc1ccccc1)C(O)O. The highest BCUT2D eigenvalue weighted by molar-refractivity contribution is 5.15. The first kappa shape index (κ1) is 21.2. The zero-order chi connectivity index (χ0) is 17.5. The largest absolute Gasteiger partial charge is 0.368 e. The Labute approximate surface area is 149 Å². The van der Waals surface area contributed by atoms with E-state index >= 15 is 0 Å². The summed E-state index contributed by atoms with van der Waals surface area (Å²) in [5, 5.41) is 19.2. The molecule has 2 heteroatoms. The van der Waals surface area contributed by atoms with Crippen LogP contribution in [0.25, 0.3) is 0 Å². The molecule has 0 bridgehead atoms. The van der Waals surface area contributed by atoms with E-state index in [9.17, 15) is 10.2 Å². The molecule has 1 rings (SSSR count). The van der Waals surface area contributed by atoms with Gasteiger partial charge >= 0.3 is 0 Å². The smallest absolute Gasteiger partial charge is 0.154 e. The number of aliphatic hydroxyl groups excluding tert-OH is 1.